The summed E-state index contributed by atoms with van der Waals surface area (Å²) in [6, 6.07) is 12.7. The molecular weight excluding hydrogens is 343 g/mol. The first kappa shape index (κ1) is 17.6. The minimum atomic E-state index is -3.83. The SMILES string of the molecule is CC(=O)c1ccc(N2CCN(S(=O)(=O)c3ccccc3F)CC2)cc1. The van der Waals surface area contributed by atoms with Crippen LogP contribution in [0, 0.1) is 5.82 Å². The van der Waals surface area contributed by atoms with E-state index in [1.54, 1.807) is 12.1 Å². The van der Waals surface area contributed by atoms with Gasteiger partial charge in [-0.1, -0.05) is 12.1 Å². The molecule has 1 heterocycles. The third-order valence-electron chi connectivity index (χ3n) is 4.33. The summed E-state index contributed by atoms with van der Waals surface area (Å²) in [4.78, 5) is 13.1. The molecule has 0 unspecified atom stereocenters. The number of rotatable bonds is 4. The number of ketones is 1. The van der Waals surface area contributed by atoms with Crippen LogP contribution in [0.3, 0.4) is 0 Å². The minimum Gasteiger partial charge on any atom is -0.369 e. The Balaban J connectivity index is 1.71. The zero-order valence-corrected chi connectivity index (χ0v) is 14.7. The topological polar surface area (TPSA) is 57.7 Å². The number of carbonyl (C=O) groups excluding carboxylic acids is 1. The molecule has 3 rings (SSSR count). The fraction of sp³-hybridized carbons (Fsp3) is 0.278. The van der Waals surface area contributed by atoms with Crippen molar-refractivity contribution < 1.29 is 17.6 Å². The monoisotopic (exact) mass is 362 g/mol. The quantitative estimate of drug-likeness (QED) is 0.785. The number of nitrogens with zero attached hydrogens (tertiary/aromatic N) is 2. The summed E-state index contributed by atoms with van der Waals surface area (Å²) in [7, 11) is -3.83. The smallest absolute Gasteiger partial charge is 0.246 e. The molecule has 0 N–H and O–H groups in total. The van der Waals surface area contributed by atoms with Crippen molar-refractivity contribution in [3.63, 3.8) is 0 Å². The Labute approximate surface area is 146 Å². The molecule has 0 spiro atoms. The average molecular weight is 362 g/mol. The molecule has 0 aliphatic carbocycles. The molecule has 0 saturated carbocycles. The van der Waals surface area contributed by atoms with Crippen LogP contribution < -0.4 is 4.90 Å². The maximum Gasteiger partial charge on any atom is 0.246 e. The molecule has 0 atom stereocenters. The molecular formula is C18H19FN2O3S. The van der Waals surface area contributed by atoms with Crippen molar-refractivity contribution in [3.05, 3.63) is 59.9 Å². The van der Waals surface area contributed by atoms with E-state index >= 15 is 0 Å². The number of sulfonamides is 1. The second kappa shape index (κ2) is 6.93. The van der Waals surface area contributed by atoms with E-state index in [9.17, 15) is 17.6 Å². The Morgan fingerprint density at radius 1 is 0.960 bits per heavy atom. The molecule has 2 aromatic carbocycles. The Morgan fingerprint density at radius 3 is 2.12 bits per heavy atom. The summed E-state index contributed by atoms with van der Waals surface area (Å²) >= 11 is 0. The van der Waals surface area contributed by atoms with Crippen LogP contribution in [0.5, 0.6) is 0 Å². The summed E-state index contributed by atoms with van der Waals surface area (Å²) in [5.74, 6) is -0.725. The van der Waals surface area contributed by atoms with Crippen LogP contribution in [0.15, 0.2) is 53.4 Å². The lowest BCUT2D eigenvalue weighted by Gasteiger charge is -2.35. The number of anilines is 1. The van der Waals surface area contributed by atoms with E-state index in [1.165, 1.54) is 29.4 Å². The highest BCUT2D eigenvalue weighted by molar-refractivity contribution is 7.89. The number of hydrogen-bond donors (Lipinski definition) is 0. The number of piperazine rings is 1. The van der Waals surface area contributed by atoms with E-state index in [4.69, 9.17) is 0 Å². The third kappa shape index (κ3) is 3.57. The summed E-state index contributed by atoms with van der Waals surface area (Å²) < 4.78 is 40.4. The second-order valence-electron chi connectivity index (χ2n) is 5.92. The first-order valence-electron chi connectivity index (χ1n) is 8.00. The van der Waals surface area contributed by atoms with Crippen LogP contribution in [0.4, 0.5) is 10.1 Å². The molecule has 0 amide bonds. The maximum atomic E-state index is 13.8. The van der Waals surface area contributed by atoms with Crippen molar-refractivity contribution in [3.8, 4) is 0 Å². The molecule has 25 heavy (non-hydrogen) atoms. The van der Waals surface area contributed by atoms with Crippen LogP contribution in [0.25, 0.3) is 0 Å². The number of carbonyl (C=O) groups is 1. The van der Waals surface area contributed by atoms with Crippen molar-refractivity contribution in [1.82, 2.24) is 4.31 Å². The van der Waals surface area contributed by atoms with Gasteiger partial charge >= 0.3 is 0 Å². The van der Waals surface area contributed by atoms with Crippen molar-refractivity contribution in [2.75, 3.05) is 31.1 Å². The Morgan fingerprint density at radius 2 is 1.56 bits per heavy atom. The van der Waals surface area contributed by atoms with Crippen molar-refractivity contribution in [1.29, 1.82) is 0 Å². The Kier molecular flexibility index (Phi) is 4.87. The standard InChI is InChI=1S/C18H19FN2O3S/c1-14(22)15-6-8-16(9-7-15)20-10-12-21(13-11-20)25(23,24)18-5-3-2-4-17(18)19/h2-9H,10-13H2,1H3. The van der Waals surface area contributed by atoms with Gasteiger partial charge in [-0.05, 0) is 43.3 Å². The summed E-state index contributed by atoms with van der Waals surface area (Å²) in [6.07, 6.45) is 0. The fourth-order valence-corrected chi connectivity index (χ4v) is 4.37. The molecule has 1 fully saturated rings. The van der Waals surface area contributed by atoms with E-state index in [-0.39, 0.29) is 23.8 Å². The van der Waals surface area contributed by atoms with Crippen LogP contribution in [0.2, 0.25) is 0 Å². The van der Waals surface area contributed by atoms with E-state index in [0.717, 1.165) is 11.8 Å². The number of halogens is 1. The molecule has 2 aromatic rings. The molecule has 0 radical (unpaired) electrons. The normalized spacial score (nSPS) is 16.0. The van der Waals surface area contributed by atoms with E-state index in [1.807, 2.05) is 12.1 Å². The van der Waals surface area contributed by atoms with Gasteiger partial charge in [0.2, 0.25) is 10.0 Å². The van der Waals surface area contributed by atoms with Gasteiger partial charge in [-0.2, -0.15) is 4.31 Å². The van der Waals surface area contributed by atoms with E-state index in [2.05, 4.69) is 4.90 Å². The summed E-state index contributed by atoms with van der Waals surface area (Å²) in [5, 5.41) is 0. The molecule has 1 aliphatic rings. The van der Waals surface area contributed by atoms with Crippen LogP contribution >= 0.6 is 0 Å². The first-order chi connectivity index (χ1) is 11.9. The molecule has 0 bridgehead atoms. The van der Waals surface area contributed by atoms with Gasteiger partial charge in [0, 0.05) is 37.4 Å². The predicted molar refractivity (Wildman–Crippen MR) is 93.8 cm³/mol. The maximum absolute atomic E-state index is 13.8. The highest BCUT2D eigenvalue weighted by Crippen LogP contribution is 2.23. The van der Waals surface area contributed by atoms with E-state index < -0.39 is 15.8 Å². The van der Waals surface area contributed by atoms with Gasteiger partial charge in [-0.15, -0.1) is 0 Å². The first-order valence-corrected chi connectivity index (χ1v) is 9.44. The predicted octanol–water partition coefficient (Wildman–Crippen LogP) is 2.54. The number of Topliss-reactive ketones (excluding diaryl/α,β-unsaturated/α-hetero) is 1. The van der Waals surface area contributed by atoms with Crippen molar-refractivity contribution in [2.45, 2.75) is 11.8 Å². The highest BCUT2D eigenvalue weighted by Gasteiger charge is 2.30. The lowest BCUT2D eigenvalue weighted by molar-refractivity contribution is 0.101. The third-order valence-corrected chi connectivity index (χ3v) is 6.26. The number of hydrogen-bond acceptors (Lipinski definition) is 4. The number of benzene rings is 2. The van der Waals surface area contributed by atoms with Crippen LogP contribution in [0.1, 0.15) is 17.3 Å². The molecule has 5 nitrogen and oxygen atoms in total. The lowest BCUT2D eigenvalue weighted by atomic mass is 10.1. The average Bonchev–Trinajstić information content (AvgIpc) is 2.62. The Hall–Kier alpha value is -2.25. The van der Waals surface area contributed by atoms with Gasteiger partial charge in [0.05, 0.1) is 0 Å². The van der Waals surface area contributed by atoms with Gasteiger partial charge < -0.3 is 4.90 Å². The fourth-order valence-electron chi connectivity index (χ4n) is 2.89. The van der Waals surface area contributed by atoms with Gasteiger partial charge in [0.15, 0.2) is 5.78 Å². The van der Waals surface area contributed by atoms with E-state index in [0.29, 0.717) is 18.7 Å². The van der Waals surface area contributed by atoms with Crippen LogP contribution in [-0.2, 0) is 10.0 Å². The second-order valence-corrected chi connectivity index (χ2v) is 7.83. The largest absolute Gasteiger partial charge is 0.369 e. The van der Waals surface area contributed by atoms with Crippen LogP contribution in [-0.4, -0.2) is 44.7 Å². The molecule has 0 aromatic heterocycles. The Bertz CT molecular complexity index is 873. The minimum absolute atomic E-state index is 0.00681. The zero-order valence-electron chi connectivity index (χ0n) is 13.9. The van der Waals surface area contributed by atoms with Gasteiger partial charge in [-0.3, -0.25) is 4.79 Å². The van der Waals surface area contributed by atoms with Gasteiger partial charge in [-0.25, -0.2) is 12.8 Å². The highest BCUT2D eigenvalue weighted by atomic mass is 32.2. The molecule has 1 saturated heterocycles. The van der Waals surface area contributed by atoms with Gasteiger partial charge in [0.1, 0.15) is 10.7 Å². The summed E-state index contributed by atoms with van der Waals surface area (Å²) in [6.45, 7) is 3.10. The van der Waals surface area contributed by atoms with Crippen molar-refractivity contribution in [2.24, 2.45) is 0 Å². The lowest BCUT2D eigenvalue weighted by Crippen LogP contribution is -2.48. The molecule has 1 aliphatic heterocycles. The molecule has 132 valence electrons. The van der Waals surface area contributed by atoms with Crippen molar-refractivity contribution >= 4 is 21.5 Å². The summed E-state index contributed by atoms with van der Waals surface area (Å²) in [5.41, 5.74) is 1.58. The molecule has 7 heteroatoms. The zero-order chi connectivity index (χ0) is 18.0. The van der Waals surface area contributed by atoms with Gasteiger partial charge in [0.25, 0.3) is 0 Å².